The molecule has 88 valence electrons. The van der Waals surface area contributed by atoms with E-state index >= 15 is 0 Å². The molecule has 0 aliphatic carbocycles. The summed E-state index contributed by atoms with van der Waals surface area (Å²) >= 11 is 2.13. The van der Waals surface area contributed by atoms with Crippen molar-refractivity contribution in [3.05, 3.63) is 75.4 Å². The van der Waals surface area contributed by atoms with E-state index in [1.165, 1.54) is 16.7 Å². The van der Waals surface area contributed by atoms with Crippen molar-refractivity contribution in [3.63, 3.8) is 0 Å². The zero-order valence-corrected chi connectivity index (χ0v) is 15.6. The van der Waals surface area contributed by atoms with Gasteiger partial charge >= 0.3 is 123 Å². The topological polar surface area (TPSA) is 0 Å². The summed E-state index contributed by atoms with van der Waals surface area (Å²) in [5.41, 5.74) is 4.12. The Bertz CT molecular complexity index is 467. The second kappa shape index (κ2) is 8.40. The maximum atomic E-state index is 2.28. The Balaban J connectivity index is 0.00000162. The van der Waals surface area contributed by atoms with E-state index in [2.05, 4.69) is 85.5 Å². The van der Waals surface area contributed by atoms with Gasteiger partial charge in [-0.2, -0.15) is 0 Å². The Morgan fingerprint density at radius 2 is 1.22 bits per heavy atom. The molecular formula is C15H13BrMgTe. The Morgan fingerprint density at radius 3 is 1.56 bits per heavy atom. The van der Waals surface area contributed by atoms with E-state index in [1.54, 1.807) is 3.62 Å². The molecule has 0 N–H and O–H groups in total. The van der Waals surface area contributed by atoms with Crippen molar-refractivity contribution in [2.45, 2.75) is 6.92 Å². The molecule has 0 heterocycles. The molecule has 0 fully saturated rings. The zero-order valence-electron chi connectivity index (χ0n) is 10.3. The van der Waals surface area contributed by atoms with Gasteiger partial charge in [0.25, 0.3) is 0 Å². The Labute approximate surface area is 138 Å². The van der Waals surface area contributed by atoms with Gasteiger partial charge in [0.2, 0.25) is 0 Å². The fourth-order valence-electron chi connectivity index (χ4n) is 1.86. The third-order valence-electron chi connectivity index (χ3n) is 2.69. The molecule has 0 amide bonds. The van der Waals surface area contributed by atoms with Crippen molar-refractivity contribution >= 4 is 40.7 Å². The van der Waals surface area contributed by atoms with Gasteiger partial charge in [0.15, 0.2) is 0 Å². The molecule has 18 heavy (non-hydrogen) atoms. The van der Waals surface area contributed by atoms with Gasteiger partial charge in [-0.3, -0.25) is 0 Å². The molecule has 0 bridgehead atoms. The van der Waals surface area contributed by atoms with Crippen LogP contribution in [-0.2, 0) is 0 Å². The summed E-state index contributed by atoms with van der Waals surface area (Å²) in [7, 11) is 0. The summed E-state index contributed by atoms with van der Waals surface area (Å²) in [6, 6.07) is 21.4. The zero-order chi connectivity index (χ0) is 12.1. The smallest absolute Gasteiger partial charge is 1.00 e. The molecule has 0 saturated heterocycles. The molecule has 0 aliphatic heterocycles. The molecule has 0 spiro atoms. The number of rotatable bonds is 3. The molecule has 2 aromatic rings. The van der Waals surface area contributed by atoms with Crippen LogP contribution in [0.5, 0.6) is 0 Å². The maximum absolute atomic E-state index is 2.28. The van der Waals surface area contributed by atoms with E-state index in [-0.39, 0.29) is 34.2 Å². The molecular weight excluding hydrogens is 412 g/mol. The van der Waals surface area contributed by atoms with Crippen molar-refractivity contribution in [1.82, 2.24) is 0 Å². The van der Waals surface area contributed by atoms with Crippen LogP contribution in [0.2, 0.25) is 0 Å². The van der Waals surface area contributed by atoms with Gasteiger partial charge in [0, 0.05) is 0 Å². The molecule has 0 aromatic heterocycles. The maximum Gasteiger partial charge on any atom is -1.00 e. The normalized spacial score (nSPS) is 9.50. The fourth-order valence-corrected chi connectivity index (χ4v) is 3.91. The Hall–Kier alpha value is 0.216. The largest absolute Gasteiger partial charge is 1.00 e. The minimum Gasteiger partial charge on any atom is -1.00 e. The minimum atomic E-state index is -0.0125. The fraction of sp³-hybridized carbons (Fsp3) is 0.0667. The van der Waals surface area contributed by atoms with Gasteiger partial charge in [-0.25, -0.2) is 0 Å². The second-order valence-corrected chi connectivity index (χ2v) is 8.32. The third kappa shape index (κ3) is 4.11. The number of halogens is 1. The molecule has 0 saturated carbocycles. The number of hydrogen-bond acceptors (Lipinski definition) is 0. The predicted octanol–water partition coefficient (Wildman–Crippen LogP) is 0.258. The summed E-state index contributed by atoms with van der Waals surface area (Å²) in [6.45, 7) is 2.28. The first-order valence-corrected chi connectivity index (χ1v) is 12.3. The van der Waals surface area contributed by atoms with E-state index < -0.39 is 0 Å². The minimum absolute atomic E-state index is 0. The number of benzene rings is 2. The van der Waals surface area contributed by atoms with Crippen LogP contribution in [0.15, 0.2) is 64.3 Å². The molecule has 0 radical (unpaired) electrons. The molecule has 2 rings (SSSR count). The first-order chi connectivity index (χ1) is 8.33. The van der Waals surface area contributed by atoms with Crippen molar-refractivity contribution in [2.24, 2.45) is 0 Å². The molecule has 0 nitrogen and oxygen atoms in total. The predicted molar refractivity (Wildman–Crippen MR) is 76.1 cm³/mol. The second-order valence-electron chi connectivity index (χ2n) is 3.81. The SMILES string of the molecule is CC([Te][Mg+])=C(c1ccccc1)c1ccccc1.[Br-]. The molecule has 0 aliphatic rings. The summed E-state index contributed by atoms with van der Waals surface area (Å²) in [6.07, 6.45) is 0. The summed E-state index contributed by atoms with van der Waals surface area (Å²) in [5, 5.41) is 0. The third-order valence-corrected chi connectivity index (χ3v) is 7.42. The van der Waals surface area contributed by atoms with Gasteiger partial charge in [0.05, 0.1) is 0 Å². The van der Waals surface area contributed by atoms with Crippen molar-refractivity contribution < 1.29 is 17.0 Å². The monoisotopic (exact) mass is 426 g/mol. The van der Waals surface area contributed by atoms with Crippen LogP contribution < -0.4 is 17.0 Å². The van der Waals surface area contributed by atoms with Gasteiger partial charge in [-0.15, -0.1) is 0 Å². The van der Waals surface area contributed by atoms with E-state index in [0.29, 0.717) is 0 Å². The van der Waals surface area contributed by atoms with Crippen LogP contribution in [0.3, 0.4) is 0 Å². The summed E-state index contributed by atoms with van der Waals surface area (Å²) in [5.74, 6) is 0. The Morgan fingerprint density at radius 1 is 0.833 bits per heavy atom. The summed E-state index contributed by atoms with van der Waals surface area (Å²) < 4.78 is 1.58. The van der Waals surface area contributed by atoms with E-state index in [9.17, 15) is 0 Å². The average Bonchev–Trinajstić information content (AvgIpc) is 2.41. The van der Waals surface area contributed by atoms with E-state index in [4.69, 9.17) is 0 Å². The standard InChI is InChI=1S/C15H14Te.BrH.Mg/c1-12(16)15(13-8-4-2-5-9-13)14-10-6-3-7-11-14;;/h2-11,16H,1H3;1H;/q;;+2/p-2. The van der Waals surface area contributed by atoms with E-state index in [0.717, 1.165) is 0 Å². The molecule has 2 aromatic carbocycles. The molecule has 0 atom stereocenters. The van der Waals surface area contributed by atoms with Crippen LogP contribution >= 0.6 is 0 Å². The average molecular weight is 425 g/mol. The van der Waals surface area contributed by atoms with Crippen LogP contribution in [0.4, 0.5) is 0 Å². The molecule has 0 unspecified atom stereocenters. The number of hydrogen-bond donors (Lipinski definition) is 0. The van der Waals surface area contributed by atoms with Gasteiger partial charge in [-0.05, 0) is 0 Å². The van der Waals surface area contributed by atoms with Crippen LogP contribution in [0, 0.1) is 0 Å². The van der Waals surface area contributed by atoms with Gasteiger partial charge in [0.1, 0.15) is 0 Å². The van der Waals surface area contributed by atoms with Crippen molar-refractivity contribution in [3.8, 4) is 0 Å². The first-order valence-electron chi connectivity index (χ1n) is 5.56. The quantitative estimate of drug-likeness (QED) is 0.620. The van der Waals surface area contributed by atoms with Crippen LogP contribution in [-0.4, -0.2) is 35.1 Å². The van der Waals surface area contributed by atoms with E-state index in [1.807, 2.05) is 0 Å². The van der Waals surface area contributed by atoms with Crippen molar-refractivity contribution in [1.29, 1.82) is 0 Å². The van der Waals surface area contributed by atoms with Crippen LogP contribution in [0.25, 0.3) is 5.57 Å². The van der Waals surface area contributed by atoms with Crippen LogP contribution in [0.1, 0.15) is 18.1 Å². The van der Waals surface area contributed by atoms with Gasteiger partial charge < -0.3 is 17.0 Å². The van der Waals surface area contributed by atoms with Gasteiger partial charge in [-0.1, -0.05) is 0 Å². The summed E-state index contributed by atoms with van der Waals surface area (Å²) in [4.78, 5) is 0. The van der Waals surface area contributed by atoms with Crippen molar-refractivity contribution in [2.75, 3.05) is 0 Å². The molecule has 3 heteroatoms. The number of allylic oxidation sites excluding steroid dienone is 1. The Kier molecular flexibility index (Phi) is 7.59. The first kappa shape index (κ1) is 16.3.